The van der Waals surface area contributed by atoms with Gasteiger partial charge in [-0.15, -0.1) is 0 Å². The van der Waals surface area contributed by atoms with Crippen LogP contribution in [0.15, 0.2) is 65.7 Å². The van der Waals surface area contributed by atoms with E-state index >= 15 is 0 Å². The molecule has 3 aliphatic rings. The molecule has 65 heavy (non-hydrogen) atoms. The molecular formula is C44H61N11O10. The number of carboxylic acids is 1. The Morgan fingerprint density at radius 1 is 0.677 bits per heavy atom. The van der Waals surface area contributed by atoms with Gasteiger partial charge in [0.25, 0.3) is 0 Å². The van der Waals surface area contributed by atoms with Crippen molar-refractivity contribution in [1.82, 2.24) is 36.0 Å². The monoisotopic (exact) mass is 903 g/mol. The molecule has 2 aromatic rings. The van der Waals surface area contributed by atoms with Gasteiger partial charge >= 0.3 is 5.97 Å². The van der Waals surface area contributed by atoms with E-state index in [9.17, 15) is 48.6 Å². The number of nitrogens with one attached hydrogen (secondary N) is 4. The third-order valence-corrected chi connectivity index (χ3v) is 11.8. The van der Waals surface area contributed by atoms with Gasteiger partial charge in [0.1, 0.15) is 36.3 Å². The number of carbonyl (C=O) groups excluding carboxylic acids is 7. The normalized spacial score (nSPS) is 19.9. The number of likely N-dealkylation sites (tertiary alicyclic amines) is 3. The highest BCUT2D eigenvalue weighted by molar-refractivity contribution is 5.97. The second-order valence-electron chi connectivity index (χ2n) is 16.5. The average molecular weight is 904 g/mol. The molecule has 0 saturated carbocycles. The number of rotatable bonds is 21. The second-order valence-corrected chi connectivity index (χ2v) is 16.5. The van der Waals surface area contributed by atoms with Gasteiger partial charge in [-0.05, 0) is 62.5 Å². The van der Waals surface area contributed by atoms with Crippen molar-refractivity contribution in [1.29, 1.82) is 0 Å². The topological polar surface area (TPSA) is 325 Å². The van der Waals surface area contributed by atoms with Crippen LogP contribution in [0.5, 0.6) is 0 Å². The molecule has 12 N–H and O–H groups in total. The fourth-order valence-corrected chi connectivity index (χ4v) is 8.51. The van der Waals surface area contributed by atoms with Crippen LogP contribution in [0.1, 0.15) is 62.5 Å². The molecule has 0 aromatic heterocycles. The molecule has 21 heteroatoms. The highest BCUT2D eigenvalue weighted by Crippen LogP contribution is 2.26. The summed E-state index contributed by atoms with van der Waals surface area (Å²) in [6, 6.07) is 9.74. The number of hydrogen-bond acceptors (Lipinski definition) is 11. The number of hydrogen-bond donors (Lipinski definition) is 9. The van der Waals surface area contributed by atoms with Crippen molar-refractivity contribution in [3.63, 3.8) is 0 Å². The fourth-order valence-electron chi connectivity index (χ4n) is 8.51. The maximum Gasteiger partial charge on any atom is 0.326 e. The van der Waals surface area contributed by atoms with Crippen molar-refractivity contribution in [3.8, 4) is 0 Å². The van der Waals surface area contributed by atoms with E-state index in [0.717, 1.165) is 0 Å². The SMILES string of the molecule is NC(N)=NCCC[C@H](N)C(=O)N1CCC[C@@H]1C(=O)N1CCC[C@@H]1C(=O)NCC(=O)N[C@H](Cc1ccccc1)C(=O)N[C@H](CO)C(=O)N1CCC[C@H]1C(=O)N[C@@H](Cc1ccccc1)C(=O)O. The minimum absolute atomic E-state index is 0.0128. The zero-order valence-electron chi connectivity index (χ0n) is 36.3. The molecule has 3 fully saturated rings. The Kier molecular flexibility index (Phi) is 18.2. The van der Waals surface area contributed by atoms with E-state index in [-0.39, 0.29) is 50.1 Å². The van der Waals surface area contributed by atoms with Gasteiger partial charge in [0.2, 0.25) is 41.4 Å². The van der Waals surface area contributed by atoms with Crippen LogP contribution in [0.3, 0.4) is 0 Å². The van der Waals surface area contributed by atoms with Crippen molar-refractivity contribution in [2.45, 2.75) is 107 Å². The van der Waals surface area contributed by atoms with Crippen LogP contribution in [0.2, 0.25) is 0 Å². The lowest BCUT2D eigenvalue weighted by Crippen LogP contribution is -2.59. The van der Waals surface area contributed by atoms with Gasteiger partial charge < -0.3 is 63.4 Å². The summed E-state index contributed by atoms with van der Waals surface area (Å²) in [6.07, 6.45) is 3.23. The summed E-state index contributed by atoms with van der Waals surface area (Å²) in [5, 5.41) is 30.4. The van der Waals surface area contributed by atoms with Crippen molar-refractivity contribution in [2.24, 2.45) is 22.2 Å². The zero-order chi connectivity index (χ0) is 47.0. The molecule has 0 unspecified atom stereocenters. The third kappa shape index (κ3) is 13.7. The predicted molar refractivity (Wildman–Crippen MR) is 236 cm³/mol. The molecule has 3 saturated heterocycles. The standard InChI is InChI=1S/C44H61N11O10/c45-29(15-7-19-48-44(46)47)40(61)55-22-10-18-35(55)42(63)54-21-8-16-33(54)38(59)49-25-36(57)50-30(23-27-11-3-1-4-12-27)37(58)52-32(26-56)41(62)53-20-9-17-34(53)39(60)51-31(43(64)65)24-28-13-5-2-6-14-28/h1-6,11-14,29-35,56H,7-10,15-26,45H2,(H,49,59)(H,50,57)(H,51,60)(H,52,58)(H,64,65)(H4,46,47,48)/t29-,30+,31-,32+,33+,34-,35+/m0/s1. The molecule has 352 valence electrons. The van der Waals surface area contributed by atoms with Crippen LogP contribution in [0.25, 0.3) is 0 Å². The van der Waals surface area contributed by atoms with E-state index in [2.05, 4.69) is 26.3 Å². The summed E-state index contributed by atoms with van der Waals surface area (Å²) < 4.78 is 0. The molecule has 21 nitrogen and oxygen atoms in total. The van der Waals surface area contributed by atoms with Crippen LogP contribution < -0.4 is 38.5 Å². The van der Waals surface area contributed by atoms with Crippen molar-refractivity contribution in [2.75, 3.05) is 39.3 Å². The fraction of sp³-hybridized carbons (Fsp3) is 0.523. The Hall–Kier alpha value is -6.61. The molecular weight excluding hydrogens is 843 g/mol. The first-order chi connectivity index (χ1) is 31.2. The molecule has 3 heterocycles. The number of aliphatic hydroxyl groups is 1. The lowest BCUT2D eigenvalue weighted by molar-refractivity contribution is -0.147. The second kappa shape index (κ2) is 23.9. The van der Waals surface area contributed by atoms with Gasteiger partial charge in [-0.1, -0.05) is 60.7 Å². The lowest BCUT2D eigenvalue weighted by atomic mass is 10.0. The smallest absolute Gasteiger partial charge is 0.326 e. The van der Waals surface area contributed by atoms with Gasteiger partial charge in [-0.3, -0.25) is 38.6 Å². The van der Waals surface area contributed by atoms with E-state index in [1.54, 1.807) is 60.7 Å². The van der Waals surface area contributed by atoms with Crippen LogP contribution in [-0.2, 0) is 51.2 Å². The molecule has 7 amide bonds. The van der Waals surface area contributed by atoms with Crippen molar-refractivity contribution < 1.29 is 48.6 Å². The van der Waals surface area contributed by atoms with E-state index in [1.807, 2.05) is 0 Å². The van der Waals surface area contributed by atoms with Crippen molar-refractivity contribution in [3.05, 3.63) is 71.8 Å². The van der Waals surface area contributed by atoms with E-state index in [4.69, 9.17) is 17.2 Å². The lowest BCUT2D eigenvalue weighted by Gasteiger charge is -2.32. The minimum Gasteiger partial charge on any atom is -0.480 e. The summed E-state index contributed by atoms with van der Waals surface area (Å²) in [5.74, 6) is -5.70. The maximum atomic E-state index is 13.8. The quantitative estimate of drug-likeness (QED) is 0.0355. The van der Waals surface area contributed by atoms with Crippen LogP contribution in [0, 0.1) is 0 Å². The molecule has 2 aromatic carbocycles. The number of guanidine groups is 1. The highest BCUT2D eigenvalue weighted by Gasteiger charge is 2.43. The molecule has 0 spiro atoms. The first-order valence-electron chi connectivity index (χ1n) is 22.0. The Labute approximate surface area is 376 Å². The summed E-state index contributed by atoms with van der Waals surface area (Å²) in [5.41, 5.74) is 18.2. The molecule has 7 atom stereocenters. The van der Waals surface area contributed by atoms with Crippen molar-refractivity contribution >= 4 is 53.3 Å². The van der Waals surface area contributed by atoms with Crippen LogP contribution in [0.4, 0.5) is 0 Å². The third-order valence-electron chi connectivity index (χ3n) is 11.8. The summed E-state index contributed by atoms with van der Waals surface area (Å²) in [6.45, 7) is -0.378. The molecule has 0 radical (unpaired) electrons. The number of nitrogens with zero attached hydrogens (tertiary/aromatic N) is 4. The number of benzene rings is 2. The number of carbonyl (C=O) groups is 8. The number of carboxylic acid groups (broad SMARTS) is 1. The molecule has 3 aliphatic heterocycles. The van der Waals surface area contributed by atoms with E-state index in [0.29, 0.717) is 69.2 Å². The molecule has 0 aliphatic carbocycles. The number of amides is 7. The minimum atomic E-state index is -1.52. The first kappa shape index (κ1) is 49.4. The number of aliphatic carboxylic acids is 1. The number of nitrogens with two attached hydrogens (primary N) is 3. The van der Waals surface area contributed by atoms with E-state index < -0.39 is 90.9 Å². The summed E-state index contributed by atoms with van der Waals surface area (Å²) in [4.78, 5) is 115. The Bertz CT molecular complexity index is 2040. The number of aliphatic imine (C=N–C) groups is 1. The van der Waals surface area contributed by atoms with Crippen LogP contribution in [-0.4, -0.2) is 160 Å². The van der Waals surface area contributed by atoms with E-state index in [1.165, 1.54) is 14.7 Å². The Morgan fingerprint density at radius 2 is 1.22 bits per heavy atom. The predicted octanol–water partition coefficient (Wildman–Crippen LogP) is -2.53. The highest BCUT2D eigenvalue weighted by atomic mass is 16.4. The van der Waals surface area contributed by atoms with Crippen LogP contribution >= 0.6 is 0 Å². The molecule has 0 bridgehead atoms. The van der Waals surface area contributed by atoms with Gasteiger partial charge in [-0.2, -0.15) is 0 Å². The Morgan fingerprint density at radius 3 is 1.78 bits per heavy atom. The summed E-state index contributed by atoms with van der Waals surface area (Å²) >= 11 is 0. The number of aliphatic hydroxyl groups excluding tert-OH is 1. The average Bonchev–Trinajstić information content (AvgIpc) is 4.11. The largest absolute Gasteiger partial charge is 0.480 e. The van der Waals surface area contributed by atoms with Gasteiger partial charge in [0.05, 0.1) is 19.2 Å². The molecule has 5 rings (SSSR count). The maximum absolute atomic E-state index is 13.8. The Balaban J connectivity index is 1.18. The zero-order valence-corrected chi connectivity index (χ0v) is 36.3. The first-order valence-corrected chi connectivity index (χ1v) is 22.0. The van der Waals surface area contributed by atoms with Gasteiger partial charge in [0, 0.05) is 39.0 Å². The van der Waals surface area contributed by atoms with Gasteiger partial charge in [-0.25, -0.2) is 4.79 Å². The summed E-state index contributed by atoms with van der Waals surface area (Å²) in [7, 11) is 0. The van der Waals surface area contributed by atoms with Gasteiger partial charge in [0.15, 0.2) is 5.96 Å².